The first-order chi connectivity index (χ1) is 14.7. The summed E-state index contributed by atoms with van der Waals surface area (Å²) in [4.78, 5) is 30.2. The van der Waals surface area contributed by atoms with Gasteiger partial charge in [0.05, 0.1) is 5.52 Å². The Morgan fingerprint density at radius 2 is 1.80 bits per heavy atom. The van der Waals surface area contributed by atoms with Crippen LogP contribution in [0.2, 0.25) is 0 Å². The second-order valence-electron chi connectivity index (χ2n) is 7.34. The molecule has 1 amide bonds. The first kappa shape index (κ1) is 19.8. The van der Waals surface area contributed by atoms with E-state index in [-0.39, 0.29) is 18.1 Å². The third kappa shape index (κ3) is 4.10. The van der Waals surface area contributed by atoms with Gasteiger partial charge in [-0.05, 0) is 30.5 Å². The lowest BCUT2D eigenvalue weighted by molar-refractivity contribution is -0.121. The predicted molar refractivity (Wildman–Crippen MR) is 117 cm³/mol. The fourth-order valence-electron chi connectivity index (χ4n) is 3.56. The number of carbonyl (C=O) groups excluding carboxylic acids is 1. The van der Waals surface area contributed by atoms with E-state index in [9.17, 15) is 9.59 Å². The zero-order valence-corrected chi connectivity index (χ0v) is 17.0. The van der Waals surface area contributed by atoms with Crippen molar-refractivity contribution in [3.8, 4) is 0 Å². The summed E-state index contributed by atoms with van der Waals surface area (Å²) in [6.45, 7) is 2.56. The highest BCUT2D eigenvalue weighted by Crippen LogP contribution is 2.17. The van der Waals surface area contributed by atoms with Crippen molar-refractivity contribution in [2.75, 3.05) is 6.54 Å². The Kier molecular flexibility index (Phi) is 5.88. The van der Waals surface area contributed by atoms with Crippen LogP contribution in [-0.2, 0) is 24.2 Å². The molecule has 4 aromatic rings. The molecule has 0 atom stereocenters. The van der Waals surface area contributed by atoms with Crippen LogP contribution in [0, 0.1) is 0 Å². The molecular formula is C23H25N5O2. The van der Waals surface area contributed by atoms with Crippen LogP contribution in [0.15, 0.2) is 59.4 Å². The fraction of sp³-hybridized carbons (Fsp3) is 0.304. The van der Waals surface area contributed by atoms with Crippen LogP contribution >= 0.6 is 0 Å². The molecule has 154 valence electrons. The van der Waals surface area contributed by atoms with Gasteiger partial charge in [-0.1, -0.05) is 55.8 Å². The molecule has 0 aliphatic rings. The van der Waals surface area contributed by atoms with Gasteiger partial charge in [0.15, 0.2) is 11.5 Å². The second-order valence-corrected chi connectivity index (χ2v) is 7.34. The zero-order valence-electron chi connectivity index (χ0n) is 17.0. The van der Waals surface area contributed by atoms with Gasteiger partial charge in [-0.25, -0.2) is 9.78 Å². The maximum Gasteiger partial charge on any atom is 0.351 e. The molecule has 0 aliphatic carbocycles. The Morgan fingerprint density at radius 3 is 2.60 bits per heavy atom. The SMILES string of the molecule is CCCCc1nc2c3ccccc3n(CC(=O)NCCc3ccccc3)c(=O)n2n1. The number of amides is 1. The van der Waals surface area contributed by atoms with Crippen LogP contribution in [-0.4, -0.2) is 31.6 Å². The van der Waals surface area contributed by atoms with E-state index >= 15 is 0 Å². The number of benzene rings is 2. The Balaban J connectivity index is 1.60. The molecule has 0 unspecified atom stereocenters. The van der Waals surface area contributed by atoms with E-state index in [2.05, 4.69) is 22.3 Å². The summed E-state index contributed by atoms with van der Waals surface area (Å²) in [5, 5.41) is 8.13. The fourth-order valence-corrected chi connectivity index (χ4v) is 3.56. The van der Waals surface area contributed by atoms with Gasteiger partial charge in [0.1, 0.15) is 6.54 Å². The molecule has 0 saturated heterocycles. The van der Waals surface area contributed by atoms with Gasteiger partial charge in [-0.15, -0.1) is 5.10 Å². The smallest absolute Gasteiger partial charge is 0.351 e. The van der Waals surface area contributed by atoms with Crippen molar-refractivity contribution in [3.05, 3.63) is 76.5 Å². The van der Waals surface area contributed by atoms with Gasteiger partial charge in [0, 0.05) is 18.4 Å². The molecule has 1 N–H and O–H groups in total. The maximum absolute atomic E-state index is 13.1. The van der Waals surface area contributed by atoms with Gasteiger partial charge in [0.25, 0.3) is 0 Å². The van der Waals surface area contributed by atoms with Crippen molar-refractivity contribution >= 4 is 22.5 Å². The van der Waals surface area contributed by atoms with Crippen molar-refractivity contribution in [3.63, 3.8) is 0 Å². The van der Waals surface area contributed by atoms with Crippen LogP contribution in [0.25, 0.3) is 16.6 Å². The number of hydrogen-bond acceptors (Lipinski definition) is 4. The third-order valence-corrected chi connectivity index (χ3v) is 5.13. The summed E-state index contributed by atoms with van der Waals surface area (Å²) >= 11 is 0. The standard InChI is InChI=1S/C23H25N5O2/c1-2-3-13-20-25-22-18-11-7-8-12-19(18)27(23(30)28(22)26-20)16-21(29)24-15-14-17-9-5-4-6-10-17/h4-12H,2-3,13-16H2,1H3,(H,24,29). The molecule has 2 aromatic heterocycles. The topological polar surface area (TPSA) is 81.3 Å². The summed E-state index contributed by atoms with van der Waals surface area (Å²) in [5.74, 6) is 0.452. The number of unbranched alkanes of at least 4 members (excludes halogenated alkanes) is 1. The minimum atomic E-state index is -0.350. The van der Waals surface area contributed by atoms with E-state index in [1.165, 1.54) is 9.08 Å². The predicted octanol–water partition coefficient (Wildman–Crippen LogP) is 2.75. The Hall–Kier alpha value is -3.48. The molecule has 0 aliphatic heterocycles. The van der Waals surface area contributed by atoms with Crippen LogP contribution in [0.4, 0.5) is 0 Å². The average molecular weight is 403 g/mol. The van der Waals surface area contributed by atoms with Crippen molar-refractivity contribution in [2.45, 2.75) is 39.2 Å². The van der Waals surface area contributed by atoms with E-state index < -0.39 is 0 Å². The summed E-state index contributed by atoms with van der Waals surface area (Å²) < 4.78 is 2.79. The monoisotopic (exact) mass is 403 g/mol. The van der Waals surface area contributed by atoms with E-state index in [0.717, 1.165) is 36.6 Å². The summed E-state index contributed by atoms with van der Waals surface area (Å²) in [6.07, 6.45) is 3.47. The lowest BCUT2D eigenvalue weighted by Crippen LogP contribution is -2.36. The second kappa shape index (κ2) is 8.90. The molecular weight excluding hydrogens is 378 g/mol. The molecule has 4 rings (SSSR count). The number of fused-ring (bicyclic) bond motifs is 3. The molecule has 7 heteroatoms. The van der Waals surface area contributed by atoms with E-state index in [4.69, 9.17) is 0 Å². The number of nitrogens with one attached hydrogen (secondary N) is 1. The Bertz CT molecular complexity index is 1230. The molecule has 0 spiro atoms. The van der Waals surface area contributed by atoms with Crippen molar-refractivity contribution < 1.29 is 4.79 Å². The molecule has 30 heavy (non-hydrogen) atoms. The first-order valence-corrected chi connectivity index (χ1v) is 10.3. The molecule has 0 radical (unpaired) electrons. The Labute approximate surface area is 174 Å². The van der Waals surface area contributed by atoms with Gasteiger partial charge in [-0.3, -0.25) is 9.36 Å². The molecule has 0 bridgehead atoms. The lowest BCUT2D eigenvalue weighted by atomic mass is 10.1. The molecule has 2 heterocycles. The first-order valence-electron chi connectivity index (χ1n) is 10.3. The van der Waals surface area contributed by atoms with Gasteiger partial charge >= 0.3 is 5.69 Å². The zero-order chi connectivity index (χ0) is 20.9. The number of nitrogens with zero attached hydrogens (tertiary/aromatic N) is 4. The van der Waals surface area contributed by atoms with Crippen molar-refractivity contribution in [1.82, 2.24) is 24.5 Å². The quantitative estimate of drug-likeness (QED) is 0.490. The van der Waals surface area contributed by atoms with Crippen LogP contribution < -0.4 is 11.0 Å². The van der Waals surface area contributed by atoms with E-state index in [1.807, 2.05) is 54.6 Å². The highest BCUT2D eigenvalue weighted by atomic mass is 16.2. The Morgan fingerprint density at radius 1 is 1.03 bits per heavy atom. The highest BCUT2D eigenvalue weighted by Gasteiger charge is 2.16. The van der Waals surface area contributed by atoms with Crippen molar-refractivity contribution in [1.29, 1.82) is 0 Å². The number of aromatic nitrogens is 4. The molecule has 7 nitrogen and oxygen atoms in total. The number of aryl methyl sites for hydroxylation is 1. The normalized spacial score (nSPS) is 11.2. The van der Waals surface area contributed by atoms with Crippen LogP contribution in [0.3, 0.4) is 0 Å². The van der Waals surface area contributed by atoms with Gasteiger partial charge < -0.3 is 5.32 Å². The van der Waals surface area contributed by atoms with E-state index in [1.54, 1.807) is 0 Å². The van der Waals surface area contributed by atoms with Crippen molar-refractivity contribution in [2.24, 2.45) is 0 Å². The average Bonchev–Trinajstić information content (AvgIpc) is 3.21. The van der Waals surface area contributed by atoms with Crippen LogP contribution in [0.5, 0.6) is 0 Å². The number of rotatable bonds is 8. The van der Waals surface area contributed by atoms with Gasteiger partial charge in [0.2, 0.25) is 5.91 Å². The minimum absolute atomic E-state index is 0.0613. The molecule has 0 saturated carbocycles. The summed E-state index contributed by atoms with van der Waals surface area (Å²) in [7, 11) is 0. The summed E-state index contributed by atoms with van der Waals surface area (Å²) in [5.41, 5.74) is 2.03. The largest absolute Gasteiger partial charge is 0.354 e. The molecule has 0 fully saturated rings. The summed E-state index contributed by atoms with van der Waals surface area (Å²) in [6, 6.07) is 17.5. The number of carbonyl (C=O) groups is 1. The highest BCUT2D eigenvalue weighted by molar-refractivity contribution is 5.92. The molecule has 2 aromatic carbocycles. The third-order valence-electron chi connectivity index (χ3n) is 5.13. The number of para-hydroxylation sites is 1. The van der Waals surface area contributed by atoms with Gasteiger partial charge in [-0.2, -0.15) is 4.52 Å². The maximum atomic E-state index is 13.1. The minimum Gasteiger partial charge on any atom is -0.354 e. The van der Waals surface area contributed by atoms with E-state index in [0.29, 0.717) is 23.5 Å². The lowest BCUT2D eigenvalue weighted by Gasteiger charge is -2.11. The van der Waals surface area contributed by atoms with Crippen LogP contribution in [0.1, 0.15) is 31.2 Å². The number of hydrogen-bond donors (Lipinski definition) is 1.